The van der Waals surface area contributed by atoms with Gasteiger partial charge in [0, 0.05) is 23.6 Å². The van der Waals surface area contributed by atoms with Crippen LogP contribution in [0.25, 0.3) is 11.1 Å². The van der Waals surface area contributed by atoms with Crippen LogP contribution in [0.2, 0.25) is 5.02 Å². The van der Waals surface area contributed by atoms with E-state index in [2.05, 4.69) is 15.6 Å². The molecule has 0 radical (unpaired) electrons. The Morgan fingerprint density at radius 2 is 1.69 bits per heavy atom. The van der Waals surface area contributed by atoms with Gasteiger partial charge in [0.2, 0.25) is 11.2 Å². The number of nitrogens with one attached hydrogen (secondary N) is 2. The van der Waals surface area contributed by atoms with Crippen molar-refractivity contribution in [1.82, 2.24) is 10.3 Å². The lowest BCUT2D eigenvalue weighted by molar-refractivity contribution is 0.325. The zero-order valence-electron chi connectivity index (χ0n) is 20.3. The number of rotatable bonds is 6. The fraction of sp³-hybridized carbons (Fsp3) is 0.269. The van der Waals surface area contributed by atoms with Crippen molar-refractivity contribution in [3.63, 3.8) is 0 Å². The summed E-state index contributed by atoms with van der Waals surface area (Å²) < 4.78 is 22.4. The Bertz CT molecular complexity index is 1350. The first-order valence-corrected chi connectivity index (χ1v) is 11.9. The molecule has 8 nitrogen and oxygen atoms in total. The fourth-order valence-corrected chi connectivity index (χ4v) is 5.06. The predicted octanol–water partition coefficient (Wildman–Crippen LogP) is 4.77. The van der Waals surface area contributed by atoms with Gasteiger partial charge in [0.1, 0.15) is 0 Å². The number of benzene rings is 1. The van der Waals surface area contributed by atoms with Crippen molar-refractivity contribution in [3.05, 3.63) is 69.1 Å². The number of methoxy groups -OCH3 is 4. The highest BCUT2D eigenvalue weighted by molar-refractivity contribution is 7.80. The highest BCUT2D eigenvalue weighted by Gasteiger charge is 2.32. The zero-order chi connectivity index (χ0) is 25.8. The molecule has 1 aliphatic rings. The lowest BCUT2D eigenvalue weighted by Crippen LogP contribution is -2.32. The molecule has 4 rings (SSSR count). The third-order valence-electron chi connectivity index (χ3n) is 6.05. The van der Waals surface area contributed by atoms with Crippen molar-refractivity contribution in [1.29, 1.82) is 0 Å². The second-order valence-corrected chi connectivity index (χ2v) is 8.76. The maximum Gasteiger partial charge on any atom is 0.220 e. The molecule has 0 spiro atoms. The van der Waals surface area contributed by atoms with E-state index < -0.39 is 0 Å². The minimum Gasteiger partial charge on any atom is -0.493 e. The van der Waals surface area contributed by atoms with Crippen molar-refractivity contribution in [2.24, 2.45) is 0 Å². The maximum atomic E-state index is 13.0. The highest BCUT2D eigenvalue weighted by atomic mass is 35.5. The van der Waals surface area contributed by atoms with Crippen LogP contribution in [-0.2, 0) is 6.42 Å². The van der Waals surface area contributed by atoms with Crippen molar-refractivity contribution in [2.75, 3.05) is 33.8 Å². The SMILES string of the molecule is COc1c(Cl)c2c(c(OC)c1OC)-c1ccc(OC)c(=O)cc1[C@@H](NC(=S)Nc1ccncc1)CC2. The van der Waals surface area contributed by atoms with Gasteiger partial charge in [-0.3, -0.25) is 9.78 Å². The molecule has 0 amide bonds. The Morgan fingerprint density at radius 3 is 2.33 bits per heavy atom. The van der Waals surface area contributed by atoms with E-state index in [-0.39, 0.29) is 17.2 Å². The molecule has 36 heavy (non-hydrogen) atoms. The Hall–Kier alpha value is -3.56. The normalized spacial score (nSPS) is 14.0. The summed E-state index contributed by atoms with van der Waals surface area (Å²) in [5.74, 6) is 1.44. The van der Waals surface area contributed by atoms with Crippen LogP contribution >= 0.6 is 23.8 Å². The minimum atomic E-state index is -0.322. The summed E-state index contributed by atoms with van der Waals surface area (Å²) in [6.45, 7) is 0. The third-order valence-corrected chi connectivity index (χ3v) is 6.67. The lowest BCUT2D eigenvalue weighted by atomic mass is 9.95. The molecule has 3 aromatic rings. The minimum absolute atomic E-state index is 0.214. The Labute approximate surface area is 219 Å². The summed E-state index contributed by atoms with van der Waals surface area (Å²) in [6.07, 6.45) is 4.49. The number of hydrogen-bond donors (Lipinski definition) is 2. The second-order valence-electron chi connectivity index (χ2n) is 7.97. The average Bonchev–Trinajstić information content (AvgIpc) is 3.13. The van der Waals surface area contributed by atoms with Crippen molar-refractivity contribution in [3.8, 4) is 34.1 Å². The van der Waals surface area contributed by atoms with Crippen LogP contribution in [-0.4, -0.2) is 38.5 Å². The molecular weight excluding hydrogens is 502 g/mol. The molecule has 1 heterocycles. The van der Waals surface area contributed by atoms with Crippen LogP contribution in [0.15, 0.2) is 47.5 Å². The molecule has 1 atom stereocenters. The number of aromatic nitrogens is 1. The Kier molecular flexibility index (Phi) is 7.81. The first kappa shape index (κ1) is 25.5. The number of fused-ring (bicyclic) bond motifs is 3. The zero-order valence-corrected chi connectivity index (χ0v) is 21.9. The van der Waals surface area contributed by atoms with Crippen LogP contribution in [0.5, 0.6) is 23.0 Å². The van der Waals surface area contributed by atoms with Crippen molar-refractivity contribution >= 4 is 34.6 Å². The van der Waals surface area contributed by atoms with E-state index in [1.165, 1.54) is 21.3 Å². The fourth-order valence-electron chi connectivity index (χ4n) is 4.45. The number of nitrogens with zero attached hydrogens (tertiary/aromatic N) is 1. The van der Waals surface area contributed by atoms with Gasteiger partial charge < -0.3 is 29.6 Å². The van der Waals surface area contributed by atoms with E-state index in [0.717, 1.165) is 27.9 Å². The van der Waals surface area contributed by atoms with E-state index in [9.17, 15) is 4.79 Å². The van der Waals surface area contributed by atoms with Crippen molar-refractivity contribution < 1.29 is 18.9 Å². The van der Waals surface area contributed by atoms with Gasteiger partial charge >= 0.3 is 0 Å². The molecule has 0 aliphatic heterocycles. The predicted molar refractivity (Wildman–Crippen MR) is 144 cm³/mol. The summed E-state index contributed by atoms with van der Waals surface area (Å²) in [7, 11) is 6.08. The van der Waals surface area contributed by atoms with Gasteiger partial charge in [0.05, 0.1) is 39.5 Å². The smallest absolute Gasteiger partial charge is 0.220 e. The number of thiocarbonyl (C=S) groups is 1. The topological polar surface area (TPSA) is 90.9 Å². The standard InChI is InChI=1S/C26H26ClN3O5S/c1-32-20-8-6-15-17(13-19(20)31)18(30-26(36)29-14-9-11-28-12-10-14)7-5-16-21(15)23(33-2)25(35-4)24(34-3)22(16)27/h6,8-13,18H,5,7H2,1-4H3,(H2,28,29,30,36)/t18-/m0/s1. The van der Waals surface area contributed by atoms with Crippen LogP contribution < -0.4 is 35.0 Å². The van der Waals surface area contributed by atoms with E-state index in [0.29, 0.717) is 40.2 Å². The molecule has 0 saturated heterocycles. The van der Waals surface area contributed by atoms with Crippen molar-refractivity contribution in [2.45, 2.75) is 18.9 Å². The molecule has 0 unspecified atom stereocenters. The van der Waals surface area contributed by atoms with Gasteiger partial charge in [-0.2, -0.15) is 0 Å². The Balaban J connectivity index is 1.91. The largest absolute Gasteiger partial charge is 0.493 e. The molecular formula is C26H26ClN3O5S. The van der Waals surface area contributed by atoms with Crippen LogP contribution in [0, 0.1) is 0 Å². The molecule has 1 aliphatic carbocycles. The van der Waals surface area contributed by atoms with Crippen LogP contribution in [0.3, 0.4) is 0 Å². The third kappa shape index (κ3) is 4.76. The van der Waals surface area contributed by atoms with Gasteiger partial charge in [-0.15, -0.1) is 0 Å². The Morgan fingerprint density at radius 1 is 1.00 bits per heavy atom. The average molecular weight is 528 g/mol. The van der Waals surface area contributed by atoms with Gasteiger partial charge in [-0.05, 0) is 66.0 Å². The number of anilines is 1. The summed E-state index contributed by atoms with van der Waals surface area (Å²) in [6, 6.07) is 8.35. The summed E-state index contributed by atoms with van der Waals surface area (Å²) in [5, 5.41) is 7.36. The highest BCUT2D eigenvalue weighted by Crippen LogP contribution is 2.54. The first-order valence-electron chi connectivity index (χ1n) is 11.1. The second kappa shape index (κ2) is 11.0. The lowest BCUT2D eigenvalue weighted by Gasteiger charge is -2.21. The van der Waals surface area contributed by atoms with Gasteiger partial charge in [-0.25, -0.2) is 0 Å². The van der Waals surface area contributed by atoms with E-state index >= 15 is 0 Å². The van der Waals surface area contributed by atoms with Crippen LogP contribution in [0.1, 0.15) is 23.6 Å². The number of ether oxygens (including phenoxy) is 4. The molecule has 10 heteroatoms. The van der Waals surface area contributed by atoms with E-state index in [1.54, 1.807) is 31.6 Å². The summed E-state index contributed by atoms with van der Waals surface area (Å²) in [5.41, 5.74) is 3.55. The number of pyridine rings is 1. The summed E-state index contributed by atoms with van der Waals surface area (Å²) >= 11 is 12.5. The maximum absolute atomic E-state index is 13.0. The molecule has 188 valence electrons. The molecule has 0 fully saturated rings. The van der Waals surface area contributed by atoms with E-state index in [1.807, 2.05) is 18.2 Å². The van der Waals surface area contributed by atoms with Crippen LogP contribution in [0.4, 0.5) is 5.69 Å². The number of hydrogen-bond acceptors (Lipinski definition) is 7. The number of halogens is 1. The molecule has 0 saturated carbocycles. The van der Waals surface area contributed by atoms with E-state index in [4.69, 9.17) is 42.8 Å². The van der Waals surface area contributed by atoms with Gasteiger partial charge in [0.15, 0.2) is 22.4 Å². The molecule has 0 bridgehead atoms. The summed E-state index contributed by atoms with van der Waals surface area (Å²) in [4.78, 5) is 17.0. The monoisotopic (exact) mass is 527 g/mol. The first-order chi connectivity index (χ1) is 17.4. The quantitative estimate of drug-likeness (QED) is 0.440. The molecule has 1 aromatic heterocycles. The molecule has 2 N–H and O–H groups in total. The van der Waals surface area contributed by atoms with Gasteiger partial charge in [0.25, 0.3) is 0 Å². The molecule has 2 aromatic carbocycles. The van der Waals surface area contributed by atoms with Gasteiger partial charge in [-0.1, -0.05) is 17.7 Å².